The molecule has 1 saturated carbocycles. The van der Waals surface area contributed by atoms with E-state index >= 15 is 0 Å². The Bertz CT molecular complexity index is 1110. The number of nitrogens with one attached hydrogen (secondary N) is 1. The molecule has 3 aromatic rings. The molecule has 0 atom stereocenters. The van der Waals surface area contributed by atoms with E-state index in [2.05, 4.69) is 24.8 Å². The lowest BCUT2D eigenvalue weighted by molar-refractivity contribution is 0.282. The third-order valence-corrected chi connectivity index (χ3v) is 7.47. The Balaban J connectivity index is 1.43. The maximum absolute atomic E-state index is 12.8. The second kappa shape index (κ2) is 7.05. The summed E-state index contributed by atoms with van der Waals surface area (Å²) in [7, 11) is 0.133. The molecule has 0 saturated heterocycles. The van der Waals surface area contributed by atoms with Crippen molar-refractivity contribution in [1.82, 2.24) is 19.9 Å². The molecule has 0 radical (unpaired) electrons. The van der Waals surface area contributed by atoms with E-state index in [0.29, 0.717) is 11.4 Å². The van der Waals surface area contributed by atoms with E-state index in [-0.39, 0.29) is 22.6 Å². The average molecular weight is 401 g/mol. The van der Waals surface area contributed by atoms with Crippen LogP contribution in [0.3, 0.4) is 0 Å². The zero-order valence-electron chi connectivity index (χ0n) is 16.1. The Morgan fingerprint density at radius 2 is 2.07 bits per heavy atom. The molecule has 4 rings (SSSR count). The van der Waals surface area contributed by atoms with Gasteiger partial charge in [-0.2, -0.15) is 0 Å². The molecule has 0 aromatic carbocycles. The van der Waals surface area contributed by atoms with Crippen LogP contribution in [0.25, 0.3) is 11.0 Å². The number of hydrogen-bond donors (Lipinski definition) is 1. The van der Waals surface area contributed by atoms with Gasteiger partial charge in [-0.25, -0.2) is 23.4 Å². The van der Waals surface area contributed by atoms with E-state index in [9.17, 15) is 8.42 Å². The average Bonchev–Trinajstić information content (AvgIpc) is 3.12. The van der Waals surface area contributed by atoms with Gasteiger partial charge in [-0.3, -0.25) is 0 Å². The fraction of sp³-hybridized carbons (Fsp3) is 0.421. The van der Waals surface area contributed by atoms with E-state index in [1.807, 2.05) is 19.3 Å². The van der Waals surface area contributed by atoms with Crippen LogP contribution in [0.1, 0.15) is 18.4 Å². The number of sulfone groups is 1. The van der Waals surface area contributed by atoms with Crippen molar-refractivity contribution in [3.63, 3.8) is 0 Å². The SMILES string of the molecule is COc1cc(C)c(S(=O)(=O)CC2CC(N(C)c3ncnc4[nH]ccc34)C2)cn1. The highest BCUT2D eigenvalue weighted by molar-refractivity contribution is 7.91. The Kier molecular flexibility index (Phi) is 4.70. The monoisotopic (exact) mass is 401 g/mol. The number of aryl methyl sites for hydroxylation is 1. The first-order valence-electron chi connectivity index (χ1n) is 9.13. The van der Waals surface area contributed by atoms with Crippen LogP contribution >= 0.6 is 0 Å². The number of anilines is 1. The smallest absolute Gasteiger partial charge is 0.213 e. The van der Waals surface area contributed by atoms with Crippen molar-refractivity contribution in [3.8, 4) is 5.88 Å². The first-order valence-corrected chi connectivity index (χ1v) is 10.8. The molecule has 0 unspecified atom stereocenters. The lowest BCUT2D eigenvalue weighted by Gasteiger charge is -2.41. The molecule has 3 aromatic heterocycles. The molecule has 0 amide bonds. The molecule has 1 aliphatic rings. The third-order valence-electron chi connectivity index (χ3n) is 5.46. The number of aromatic amines is 1. The quantitative estimate of drug-likeness (QED) is 0.676. The minimum atomic E-state index is -3.38. The highest BCUT2D eigenvalue weighted by atomic mass is 32.2. The summed E-state index contributed by atoms with van der Waals surface area (Å²) in [6.45, 7) is 1.77. The van der Waals surface area contributed by atoms with Crippen molar-refractivity contribution >= 4 is 26.7 Å². The first-order chi connectivity index (χ1) is 13.4. The third kappa shape index (κ3) is 3.30. The van der Waals surface area contributed by atoms with E-state index in [1.54, 1.807) is 19.3 Å². The van der Waals surface area contributed by atoms with Gasteiger partial charge < -0.3 is 14.6 Å². The largest absolute Gasteiger partial charge is 0.481 e. The van der Waals surface area contributed by atoms with E-state index in [0.717, 1.165) is 29.7 Å². The van der Waals surface area contributed by atoms with Gasteiger partial charge in [0.1, 0.15) is 17.8 Å². The second-order valence-corrected chi connectivity index (χ2v) is 9.32. The number of nitrogens with zero attached hydrogens (tertiary/aromatic N) is 4. The zero-order chi connectivity index (χ0) is 19.9. The maximum Gasteiger partial charge on any atom is 0.213 e. The van der Waals surface area contributed by atoms with Gasteiger partial charge >= 0.3 is 0 Å². The molecule has 1 N–H and O–H groups in total. The van der Waals surface area contributed by atoms with E-state index in [1.165, 1.54) is 13.3 Å². The number of ether oxygens (including phenoxy) is 1. The number of pyridine rings is 1. The van der Waals surface area contributed by atoms with Crippen LogP contribution in [-0.4, -0.2) is 54.3 Å². The molecule has 3 heterocycles. The van der Waals surface area contributed by atoms with Crippen LogP contribution in [0.5, 0.6) is 5.88 Å². The molecular weight excluding hydrogens is 378 g/mol. The number of fused-ring (bicyclic) bond motifs is 1. The zero-order valence-corrected chi connectivity index (χ0v) is 16.9. The summed E-state index contributed by atoms with van der Waals surface area (Å²) >= 11 is 0. The summed E-state index contributed by atoms with van der Waals surface area (Å²) < 4.78 is 30.7. The fourth-order valence-electron chi connectivity index (χ4n) is 3.82. The van der Waals surface area contributed by atoms with Crippen LogP contribution in [-0.2, 0) is 9.84 Å². The van der Waals surface area contributed by atoms with Gasteiger partial charge in [0.15, 0.2) is 9.84 Å². The van der Waals surface area contributed by atoms with E-state index < -0.39 is 9.84 Å². The standard InChI is InChI=1S/C19H23N5O3S/c1-12-6-17(27-3)21-9-16(12)28(25,26)10-13-7-14(8-13)24(2)19-15-4-5-20-18(15)22-11-23-19/h4-6,9,11,13-14H,7-8,10H2,1-3H3,(H,20,22,23). The highest BCUT2D eigenvalue weighted by Crippen LogP contribution is 2.37. The number of rotatable bonds is 6. The molecule has 0 spiro atoms. The molecule has 0 aliphatic heterocycles. The number of methoxy groups -OCH3 is 1. The van der Waals surface area contributed by atoms with Gasteiger partial charge in [-0.05, 0) is 37.3 Å². The molecule has 28 heavy (non-hydrogen) atoms. The molecule has 148 valence electrons. The summed E-state index contributed by atoms with van der Waals surface area (Å²) in [4.78, 5) is 18.2. The minimum absolute atomic E-state index is 0.127. The Labute approximate surface area is 163 Å². The summed E-state index contributed by atoms with van der Waals surface area (Å²) in [5.74, 6) is 1.55. The van der Waals surface area contributed by atoms with Crippen LogP contribution in [0.4, 0.5) is 5.82 Å². The van der Waals surface area contributed by atoms with Crippen molar-refractivity contribution in [2.75, 3.05) is 24.8 Å². The van der Waals surface area contributed by atoms with Gasteiger partial charge in [-0.15, -0.1) is 0 Å². The summed E-state index contributed by atoms with van der Waals surface area (Å²) in [6, 6.07) is 3.88. The number of H-pyrrole nitrogens is 1. The van der Waals surface area contributed by atoms with Crippen LogP contribution in [0, 0.1) is 12.8 Å². The van der Waals surface area contributed by atoms with Crippen LogP contribution in [0.2, 0.25) is 0 Å². The van der Waals surface area contributed by atoms with E-state index in [4.69, 9.17) is 4.74 Å². The van der Waals surface area contributed by atoms with Crippen LogP contribution < -0.4 is 9.64 Å². The summed E-state index contributed by atoms with van der Waals surface area (Å²) in [5.41, 5.74) is 1.47. The summed E-state index contributed by atoms with van der Waals surface area (Å²) in [5, 5.41) is 0.973. The van der Waals surface area contributed by atoms with Gasteiger partial charge in [0, 0.05) is 31.5 Å². The Hall–Kier alpha value is -2.68. The summed E-state index contributed by atoms with van der Waals surface area (Å²) in [6.07, 6.45) is 6.42. The molecule has 0 bridgehead atoms. The molecule has 8 nitrogen and oxygen atoms in total. The number of aromatic nitrogens is 4. The van der Waals surface area contributed by atoms with Crippen molar-refractivity contribution in [2.45, 2.75) is 30.7 Å². The second-order valence-electron chi connectivity index (χ2n) is 7.31. The van der Waals surface area contributed by atoms with Gasteiger partial charge in [-0.1, -0.05) is 0 Å². The van der Waals surface area contributed by atoms with Gasteiger partial charge in [0.2, 0.25) is 5.88 Å². The normalized spacial score (nSPS) is 19.4. The first kappa shape index (κ1) is 18.7. The minimum Gasteiger partial charge on any atom is -0.481 e. The molecule has 1 aliphatic carbocycles. The van der Waals surface area contributed by atoms with Crippen molar-refractivity contribution in [3.05, 3.63) is 36.4 Å². The predicted octanol–water partition coefficient (Wildman–Crippen LogP) is 2.36. The van der Waals surface area contributed by atoms with Gasteiger partial charge in [0.05, 0.1) is 23.1 Å². The molecular formula is C19H23N5O3S. The van der Waals surface area contributed by atoms with Crippen molar-refractivity contribution in [1.29, 1.82) is 0 Å². The van der Waals surface area contributed by atoms with Gasteiger partial charge in [0.25, 0.3) is 0 Å². The number of hydrogen-bond acceptors (Lipinski definition) is 7. The van der Waals surface area contributed by atoms with Crippen LogP contribution in [0.15, 0.2) is 35.7 Å². The Morgan fingerprint density at radius 1 is 1.29 bits per heavy atom. The maximum atomic E-state index is 12.8. The fourth-order valence-corrected chi connectivity index (χ4v) is 5.66. The van der Waals surface area contributed by atoms with Crippen molar-refractivity contribution < 1.29 is 13.2 Å². The molecule has 9 heteroatoms. The lowest BCUT2D eigenvalue weighted by Crippen LogP contribution is -2.45. The van der Waals surface area contributed by atoms with Crippen molar-refractivity contribution in [2.24, 2.45) is 5.92 Å². The lowest BCUT2D eigenvalue weighted by atomic mass is 9.81. The topological polar surface area (TPSA) is 101 Å². The molecule has 1 fully saturated rings. The highest BCUT2D eigenvalue weighted by Gasteiger charge is 2.37. The Morgan fingerprint density at radius 3 is 2.79 bits per heavy atom. The predicted molar refractivity (Wildman–Crippen MR) is 106 cm³/mol.